The van der Waals surface area contributed by atoms with Gasteiger partial charge in [-0.3, -0.25) is 14.9 Å². The van der Waals surface area contributed by atoms with E-state index in [0.717, 1.165) is 33.6 Å². The zero-order chi connectivity index (χ0) is 24.5. The minimum Gasteiger partial charge on any atom is -0.481 e. The molecule has 3 aromatic rings. The minimum absolute atomic E-state index is 0.0174. The average Bonchev–Trinajstić information content (AvgIpc) is 3.45. The average molecular weight is 492 g/mol. The molecule has 0 bridgehead atoms. The number of carboxylic acids is 1. The van der Waals surface area contributed by atoms with E-state index in [0.29, 0.717) is 17.8 Å². The van der Waals surface area contributed by atoms with Crippen molar-refractivity contribution in [2.45, 2.75) is 19.3 Å². The van der Waals surface area contributed by atoms with Gasteiger partial charge in [0.1, 0.15) is 11.5 Å². The molecule has 0 saturated carbocycles. The highest BCUT2D eigenvalue weighted by Crippen LogP contribution is 2.44. The first-order valence-electron chi connectivity index (χ1n) is 11.5. The highest BCUT2D eigenvalue weighted by Gasteiger charge is 2.34. The number of carbonyl (C=O) groups excluding carboxylic acids is 2. The van der Waals surface area contributed by atoms with Crippen molar-refractivity contribution in [1.82, 2.24) is 9.88 Å². The van der Waals surface area contributed by atoms with Gasteiger partial charge in [0, 0.05) is 19.0 Å². The van der Waals surface area contributed by atoms with Gasteiger partial charge >= 0.3 is 12.1 Å². The van der Waals surface area contributed by atoms with Crippen molar-refractivity contribution in [2.75, 3.05) is 25.0 Å². The van der Waals surface area contributed by atoms with E-state index in [2.05, 4.69) is 34.6 Å². The number of hydrogen-bond donors (Lipinski definition) is 2. The molecule has 2 atom stereocenters. The lowest BCUT2D eigenvalue weighted by molar-refractivity contribution is -0.145. The van der Waals surface area contributed by atoms with Crippen LogP contribution in [-0.4, -0.2) is 52.7 Å². The van der Waals surface area contributed by atoms with Crippen LogP contribution in [0.15, 0.2) is 54.7 Å². The van der Waals surface area contributed by atoms with Crippen LogP contribution >= 0.6 is 11.3 Å². The fourth-order valence-corrected chi connectivity index (χ4v) is 5.65. The molecule has 2 amide bonds. The Kier molecular flexibility index (Phi) is 6.25. The van der Waals surface area contributed by atoms with Gasteiger partial charge in [0.15, 0.2) is 5.13 Å². The van der Waals surface area contributed by atoms with Crippen molar-refractivity contribution in [2.24, 2.45) is 11.8 Å². The second-order valence-electron chi connectivity index (χ2n) is 8.94. The van der Waals surface area contributed by atoms with Crippen molar-refractivity contribution in [3.63, 3.8) is 0 Å². The number of rotatable bonds is 5. The summed E-state index contributed by atoms with van der Waals surface area (Å²) in [7, 11) is 0. The molecule has 0 spiro atoms. The van der Waals surface area contributed by atoms with E-state index in [9.17, 15) is 19.5 Å². The number of hydrogen-bond acceptors (Lipinski definition) is 6. The Balaban J connectivity index is 1.20. The van der Waals surface area contributed by atoms with Crippen LogP contribution in [0.4, 0.5) is 9.93 Å². The zero-order valence-corrected chi connectivity index (χ0v) is 20.0. The predicted molar refractivity (Wildman–Crippen MR) is 132 cm³/mol. The summed E-state index contributed by atoms with van der Waals surface area (Å²) in [6.07, 6.45) is 1.39. The van der Waals surface area contributed by atoms with E-state index in [4.69, 9.17) is 4.74 Å². The summed E-state index contributed by atoms with van der Waals surface area (Å²) in [5, 5.41) is 12.3. The lowest BCUT2D eigenvalue weighted by atomic mass is 9.87. The lowest BCUT2D eigenvalue weighted by Gasteiger charge is -2.34. The number of thiazole rings is 1. The van der Waals surface area contributed by atoms with Crippen LogP contribution in [-0.2, 0) is 9.53 Å². The third-order valence-electron chi connectivity index (χ3n) is 6.83. The quantitative estimate of drug-likeness (QED) is 0.536. The maximum atomic E-state index is 12.9. The number of anilines is 1. The Labute approximate surface area is 206 Å². The molecule has 1 aromatic heterocycles. The Morgan fingerprint density at radius 1 is 1.11 bits per heavy atom. The van der Waals surface area contributed by atoms with Crippen LogP contribution in [0, 0.1) is 11.8 Å². The second kappa shape index (κ2) is 9.50. The number of likely N-dealkylation sites (tertiary alicyclic amines) is 1. The van der Waals surface area contributed by atoms with Crippen LogP contribution in [0.2, 0.25) is 0 Å². The van der Waals surface area contributed by atoms with Gasteiger partial charge in [-0.2, -0.15) is 0 Å². The van der Waals surface area contributed by atoms with Crippen molar-refractivity contribution in [1.29, 1.82) is 0 Å². The summed E-state index contributed by atoms with van der Waals surface area (Å²) in [6.45, 7) is 2.74. The first-order chi connectivity index (χ1) is 16.9. The molecule has 2 heterocycles. The van der Waals surface area contributed by atoms with Gasteiger partial charge in [-0.25, -0.2) is 9.78 Å². The molecular weight excluding hydrogens is 466 g/mol. The van der Waals surface area contributed by atoms with Crippen molar-refractivity contribution in [3.05, 3.63) is 70.7 Å². The van der Waals surface area contributed by atoms with Gasteiger partial charge in [0.05, 0.1) is 12.1 Å². The molecule has 5 rings (SSSR count). The molecule has 2 aliphatic rings. The van der Waals surface area contributed by atoms with Crippen LogP contribution in [0.1, 0.15) is 40.1 Å². The molecule has 8 nitrogen and oxygen atoms in total. The van der Waals surface area contributed by atoms with Crippen LogP contribution in [0.25, 0.3) is 11.1 Å². The van der Waals surface area contributed by atoms with E-state index in [1.54, 1.807) is 4.90 Å². The highest BCUT2D eigenvalue weighted by molar-refractivity contribution is 7.17. The molecule has 2 N–H and O–H groups in total. The number of amides is 2. The fraction of sp³-hybridized carbons (Fsp3) is 0.308. The van der Waals surface area contributed by atoms with E-state index < -0.39 is 18.0 Å². The summed E-state index contributed by atoms with van der Waals surface area (Å²) in [5.74, 6) is -1.79. The molecule has 1 aliphatic carbocycles. The number of nitrogens with zero attached hydrogens (tertiary/aromatic N) is 2. The molecule has 35 heavy (non-hydrogen) atoms. The fourth-order valence-electron chi connectivity index (χ4n) is 4.88. The number of aliphatic carboxylic acids is 1. The summed E-state index contributed by atoms with van der Waals surface area (Å²) in [4.78, 5) is 42.9. The number of aromatic nitrogens is 1. The van der Waals surface area contributed by atoms with Crippen molar-refractivity contribution >= 4 is 34.4 Å². The topological polar surface area (TPSA) is 109 Å². The highest BCUT2D eigenvalue weighted by atomic mass is 32.1. The Morgan fingerprint density at radius 2 is 1.77 bits per heavy atom. The number of nitrogens with one attached hydrogen (secondary N) is 1. The number of fused-ring (bicyclic) bond motifs is 3. The Morgan fingerprint density at radius 3 is 2.43 bits per heavy atom. The molecule has 9 heteroatoms. The minimum atomic E-state index is -0.892. The molecule has 2 unspecified atom stereocenters. The van der Waals surface area contributed by atoms with Crippen LogP contribution < -0.4 is 5.32 Å². The lowest BCUT2D eigenvalue weighted by Crippen LogP contribution is -2.45. The number of piperidine rings is 1. The van der Waals surface area contributed by atoms with Gasteiger partial charge in [0.2, 0.25) is 0 Å². The Bertz CT molecular complexity index is 1240. The summed E-state index contributed by atoms with van der Waals surface area (Å²) in [6, 6.07) is 16.2. The van der Waals surface area contributed by atoms with E-state index >= 15 is 0 Å². The van der Waals surface area contributed by atoms with Gasteiger partial charge in [-0.05, 0) is 34.6 Å². The molecular formula is C26H25N3O5S. The number of carbonyl (C=O) groups is 3. The van der Waals surface area contributed by atoms with E-state index in [1.165, 1.54) is 6.20 Å². The number of ether oxygens (including phenoxy) is 1. The molecule has 0 radical (unpaired) electrons. The largest absolute Gasteiger partial charge is 0.481 e. The smallest absolute Gasteiger partial charge is 0.413 e. The number of benzene rings is 2. The van der Waals surface area contributed by atoms with Crippen LogP contribution in [0.5, 0.6) is 0 Å². The maximum Gasteiger partial charge on any atom is 0.413 e. The van der Waals surface area contributed by atoms with Gasteiger partial charge < -0.3 is 14.7 Å². The molecule has 1 saturated heterocycles. The molecule has 180 valence electrons. The zero-order valence-electron chi connectivity index (χ0n) is 19.1. The van der Waals surface area contributed by atoms with Gasteiger partial charge in [0.25, 0.3) is 5.91 Å². The third kappa shape index (κ3) is 4.51. The predicted octanol–water partition coefficient (Wildman–Crippen LogP) is 4.69. The second-order valence-corrected chi connectivity index (χ2v) is 9.97. The molecule has 1 fully saturated rings. The van der Waals surface area contributed by atoms with E-state index in [1.807, 2.05) is 31.2 Å². The Hall–Kier alpha value is -3.72. The van der Waals surface area contributed by atoms with Gasteiger partial charge in [-0.1, -0.05) is 66.8 Å². The first kappa shape index (κ1) is 23.0. The third-order valence-corrected chi connectivity index (χ3v) is 7.73. The SMILES string of the molecule is CC1CCN(C(=O)c2cnc(NC(=O)OCC3c4ccccc4-c4ccccc43)s2)CC1C(=O)O. The molecule has 1 aliphatic heterocycles. The van der Waals surface area contributed by atoms with Crippen molar-refractivity contribution in [3.8, 4) is 11.1 Å². The molecule has 2 aromatic carbocycles. The standard InChI is InChI=1S/C26H25N3O5S/c1-15-10-11-29(13-20(15)24(31)32)23(30)22-12-27-25(35-22)28-26(33)34-14-21-18-8-4-2-6-16(18)17-7-3-5-9-19(17)21/h2-9,12,15,20-21H,10-11,13-14H2,1H3,(H,31,32)(H,27,28,33). The van der Waals surface area contributed by atoms with Crippen LogP contribution in [0.3, 0.4) is 0 Å². The first-order valence-corrected chi connectivity index (χ1v) is 12.3. The van der Waals surface area contributed by atoms with Crippen molar-refractivity contribution < 1.29 is 24.2 Å². The summed E-state index contributed by atoms with van der Waals surface area (Å²) < 4.78 is 5.54. The van der Waals surface area contributed by atoms with Gasteiger partial charge in [-0.15, -0.1) is 0 Å². The normalized spacial score (nSPS) is 19.1. The summed E-state index contributed by atoms with van der Waals surface area (Å²) >= 11 is 1.05. The monoisotopic (exact) mass is 491 g/mol. The van der Waals surface area contributed by atoms with E-state index in [-0.39, 0.29) is 36.0 Å². The number of carboxylic acid groups (broad SMARTS) is 1. The maximum absolute atomic E-state index is 12.9. The summed E-state index contributed by atoms with van der Waals surface area (Å²) in [5.41, 5.74) is 4.55.